The highest BCUT2D eigenvalue weighted by molar-refractivity contribution is 7.10. The molecule has 2 amide bonds. The molecule has 0 spiro atoms. The summed E-state index contributed by atoms with van der Waals surface area (Å²) in [6.45, 7) is 6.10. The standard InChI is InChI=1S/C27H35ClN2O3S/c1-3-19(2)16-29(27(32)20-6-4-5-7-20)17-26(31)30-14-12-25-23(13-15-34-25)24(30)18-33-22-10-8-21(28)9-11-22/h8-11,13,15,19-20,24H,3-7,12,14,16-18H2,1-2H3/t19-,24+/m1/s1. The number of carbonyl (C=O) groups excluding carboxylic acids is 2. The molecule has 2 aromatic rings. The highest BCUT2D eigenvalue weighted by Gasteiger charge is 2.35. The zero-order chi connectivity index (χ0) is 24.1. The first-order chi connectivity index (χ1) is 16.5. The Morgan fingerprint density at radius 2 is 1.94 bits per heavy atom. The van der Waals surface area contributed by atoms with E-state index >= 15 is 0 Å². The minimum atomic E-state index is -0.162. The van der Waals surface area contributed by atoms with Gasteiger partial charge in [0.1, 0.15) is 12.4 Å². The van der Waals surface area contributed by atoms with Gasteiger partial charge in [-0.25, -0.2) is 0 Å². The second-order valence-corrected chi connectivity index (χ2v) is 11.1. The van der Waals surface area contributed by atoms with Crippen LogP contribution in [0.2, 0.25) is 5.02 Å². The van der Waals surface area contributed by atoms with Gasteiger partial charge in [0.15, 0.2) is 0 Å². The van der Waals surface area contributed by atoms with Crippen LogP contribution < -0.4 is 4.74 Å². The number of halogens is 1. The van der Waals surface area contributed by atoms with Gasteiger partial charge in [-0.1, -0.05) is 44.7 Å². The zero-order valence-electron chi connectivity index (χ0n) is 20.2. The number of hydrogen-bond acceptors (Lipinski definition) is 4. The molecular weight excluding hydrogens is 468 g/mol. The molecule has 1 aliphatic carbocycles. The summed E-state index contributed by atoms with van der Waals surface area (Å²) in [5.74, 6) is 1.34. The van der Waals surface area contributed by atoms with Gasteiger partial charge in [-0.15, -0.1) is 11.3 Å². The van der Waals surface area contributed by atoms with Gasteiger partial charge in [0, 0.05) is 28.9 Å². The van der Waals surface area contributed by atoms with Crippen molar-refractivity contribution in [3.63, 3.8) is 0 Å². The second kappa shape index (κ2) is 11.6. The summed E-state index contributed by atoms with van der Waals surface area (Å²) in [6.07, 6.45) is 5.95. The monoisotopic (exact) mass is 502 g/mol. The van der Waals surface area contributed by atoms with Crippen molar-refractivity contribution in [1.29, 1.82) is 0 Å². The fourth-order valence-electron chi connectivity index (χ4n) is 5.00. The van der Waals surface area contributed by atoms with Crippen molar-refractivity contribution in [2.45, 2.75) is 58.4 Å². The molecule has 0 N–H and O–H groups in total. The van der Waals surface area contributed by atoms with Crippen molar-refractivity contribution >= 4 is 34.8 Å². The van der Waals surface area contributed by atoms with Crippen LogP contribution in [0.5, 0.6) is 5.75 Å². The number of fused-ring (bicyclic) bond motifs is 1. The van der Waals surface area contributed by atoms with Crippen LogP contribution in [0.3, 0.4) is 0 Å². The van der Waals surface area contributed by atoms with E-state index in [0.717, 1.165) is 49.8 Å². The minimum absolute atomic E-state index is 0.0104. The Hall–Kier alpha value is -2.05. The summed E-state index contributed by atoms with van der Waals surface area (Å²) in [7, 11) is 0. The zero-order valence-corrected chi connectivity index (χ0v) is 21.7. The molecule has 2 aliphatic rings. The largest absolute Gasteiger partial charge is 0.491 e. The summed E-state index contributed by atoms with van der Waals surface area (Å²) < 4.78 is 6.09. The summed E-state index contributed by atoms with van der Waals surface area (Å²) in [5, 5.41) is 2.75. The van der Waals surface area contributed by atoms with E-state index in [-0.39, 0.29) is 30.3 Å². The maximum atomic E-state index is 13.7. The van der Waals surface area contributed by atoms with Crippen LogP contribution >= 0.6 is 22.9 Å². The number of rotatable bonds is 9. The van der Waals surface area contributed by atoms with E-state index in [1.54, 1.807) is 23.5 Å². The van der Waals surface area contributed by atoms with Crippen molar-refractivity contribution in [3.05, 3.63) is 51.2 Å². The van der Waals surface area contributed by atoms with Crippen LogP contribution in [0.15, 0.2) is 35.7 Å². The lowest BCUT2D eigenvalue weighted by molar-refractivity contribution is -0.145. The van der Waals surface area contributed by atoms with Crippen molar-refractivity contribution in [3.8, 4) is 5.75 Å². The molecule has 4 rings (SSSR count). The highest BCUT2D eigenvalue weighted by Crippen LogP contribution is 2.34. The average Bonchev–Trinajstić information content (AvgIpc) is 3.54. The van der Waals surface area contributed by atoms with E-state index in [1.807, 2.05) is 21.9 Å². The van der Waals surface area contributed by atoms with Crippen LogP contribution in [0.25, 0.3) is 0 Å². The number of amides is 2. The molecule has 2 atom stereocenters. The molecule has 34 heavy (non-hydrogen) atoms. The van der Waals surface area contributed by atoms with Gasteiger partial charge in [-0.2, -0.15) is 0 Å². The second-order valence-electron chi connectivity index (χ2n) is 9.63. The quantitative estimate of drug-likeness (QED) is 0.424. The topological polar surface area (TPSA) is 49.9 Å². The van der Waals surface area contributed by atoms with Crippen LogP contribution in [0.1, 0.15) is 62.4 Å². The molecule has 0 bridgehead atoms. The molecular formula is C27H35ClN2O3S. The third-order valence-corrected chi connectivity index (χ3v) is 8.46. The van der Waals surface area contributed by atoms with Gasteiger partial charge in [0.25, 0.3) is 0 Å². The number of carbonyl (C=O) groups is 2. The summed E-state index contributed by atoms with van der Waals surface area (Å²) in [6, 6.07) is 9.25. The molecule has 1 fully saturated rings. The van der Waals surface area contributed by atoms with Crippen molar-refractivity contribution in [1.82, 2.24) is 9.80 Å². The Labute approximate surface area is 212 Å². The molecule has 0 unspecified atom stereocenters. The van der Waals surface area contributed by atoms with E-state index < -0.39 is 0 Å². The third-order valence-electron chi connectivity index (χ3n) is 7.21. The van der Waals surface area contributed by atoms with E-state index in [1.165, 1.54) is 4.88 Å². The van der Waals surface area contributed by atoms with Gasteiger partial charge in [0.2, 0.25) is 11.8 Å². The first-order valence-corrected chi connectivity index (χ1v) is 13.7. The Balaban J connectivity index is 1.49. The number of thiophene rings is 1. The number of benzene rings is 1. The molecule has 1 aromatic carbocycles. The van der Waals surface area contributed by atoms with Gasteiger partial charge in [-0.3, -0.25) is 9.59 Å². The maximum absolute atomic E-state index is 13.7. The van der Waals surface area contributed by atoms with Crippen molar-refractivity contribution < 1.29 is 14.3 Å². The Kier molecular flexibility index (Phi) is 8.54. The summed E-state index contributed by atoms with van der Waals surface area (Å²) in [4.78, 5) is 32.1. The highest BCUT2D eigenvalue weighted by atomic mass is 35.5. The van der Waals surface area contributed by atoms with Gasteiger partial charge < -0.3 is 14.5 Å². The third kappa shape index (κ3) is 5.95. The Morgan fingerprint density at radius 3 is 2.65 bits per heavy atom. The normalized spacial score (nSPS) is 19.0. The molecule has 1 saturated carbocycles. The number of ether oxygens (including phenoxy) is 1. The van der Waals surface area contributed by atoms with Crippen LogP contribution in [-0.2, 0) is 16.0 Å². The number of nitrogens with zero attached hydrogens (tertiary/aromatic N) is 2. The van der Waals surface area contributed by atoms with Gasteiger partial charge >= 0.3 is 0 Å². The molecule has 5 nitrogen and oxygen atoms in total. The first-order valence-electron chi connectivity index (χ1n) is 12.5. The fraction of sp³-hybridized carbons (Fsp3) is 0.556. The van der Waals surface area contributed by atoms with E-state index in [0.29, 0.717) is 30.6 Å². The molecule has 0 saturated heterocycles. The molecule has 2 heterocycles. The smallest absolute Gasteiger partial charge is 0.242 e. The van der Waals surface area contributed by atoms with E-state index in [2.05, 4.69) is 25.3 Å². The van der Waals surface area contributed by atoms with Crippen molar-refractivity contribution in [2.24, 2.45) is 11.8 Å². The maximum Gasteiger partial charge on any atom is 0.242 e. The molecule has 1 aromatic heterocycles. The molecule has 7 heteroatoms. The molecule has 1 aliphatic heterocycles. The summed E-state index contributed by atoms with van der Waals surface area (Å²) in [5.41, 5.74) is 1.16. The lowest BCUT2D eigenvalue weighted by Gasteiger charge is -2.37. The minimum Gasteiger partial charge on any atom is -0.491 e. The Bertz CT molecular complexity index is 971. The predicted molar refractivity (Wildman–Crippen MR) is 137 cm³/mol. The van der Waals surface area contributed by atoms with Gasteiger partial charge in [0.05, 0.1) is 12.6 Å². The SMILES string of the molecule is CC[C@@H](C)CN(CC(=O)N1CCc2sccc2[C@@H]1COc1ccc(Cl)cc1)C(=O)C1CCCC1. The Morgan fingerprint density at radius 1 is 1.21 bits per heavy atom. The number of hydrogen-bond donors (Lipinski definition) is 0. The lowest BCUT2D eigenvalue weighted by Crippen LogP contribution is -2.49. The van der Waals surface area contributed by atoms with Crippen LogP contribution in [-0.4, -0.2) is 47.9 Å². The first kappa shape index (κ1) is 25.1. The summed E-state index contributed by atoms with van der Waals surface area (Å²) >= 11 is 7.74. The van der Waals surface area contributed by atoms with Crippen LogP contribution in [0.4, 0.5) is 0 Å². The van der Waals surface area contributed by atoms with Crippen LogP contribution in [0, 0.1) is 11.8 Å². The predicted octanol–water partition coefficient (Wildman–Crippen LogP) is 5.97. The molecule has 0 radical (unpaired) electrons. The van der Waals surface area contributed by atoms with Crippen molar-refractivity contribution in [2.75, 3.05) is 26.2 Å². The van der Waals surface area contributed by atoms with Gasteiger partial charge in [-0.05, 0) is 66.5 Å². The van der Waals surface area contributed by atoms with E-state index in [4.69, 9.17) is 16.3 Å². The average molecular weight is 503 g/mol. The fourth-order valence-corrected chi connectivity index (χ4v) is 6.06. The lowest BCUT2D eigenvalue weighted by atomic mass is 10.00. The van der Waals surface area contributed by atoms with E-state index in [9.17, 15) is 9.59 Å². The molecule has 184 valence electrons.